The van der Waals surface area contributed by atoms with E-state index in [-0.39, 0.29) is 68.1 Å². The Morgan fingerprint density at radius 2 is 1.76 bits per heavy atom. The highest BCUT2D eigenvalue weighted by Crippen LogP contribution is 2.62. The maximum absolute atomic E-state index is 15.1. The fraction of sp³-hybridized carbons (Fsp3) is 0.472. The molecule has 2 N–H and O–H groups in total. The molecular weight excluding hydrogens is 837 g/mol. The Kier molecular flexibility index (Phi) is 14.2. The molecule has 1 saturated heterocycles. The van der Waals surface area contributed by atoms with Gasteiger partial charge < -0.3 is 34.2 Å². The molecule has 0 spiro atoms. The summed E-state index contributed by atoms with van der Waals surface area (Å²) in [5.74, 6) is -0.545. The second-order valence-electron chi connectivity index (χ2n) is 18.5. The minimum atomic E-state index is -1.39. The standard InChI is InChI=1S/C53H62N4O9/c1-2-29-64-53-49(56(52(60)38-18-19-38)34-40-13-9-12-37-10-3-4-14-43(37)40)33-47(54-65-35-36-16-20-41(21-17-36)57(61)62)45-31-39(11-5-7-27-58)44(15-6-8-28-59)50(51(45)53)46-32-42(22-23-48(46)66-53)63-30-26-55-24-25-55/h2-4,9-10,12-14,16-17,20-23,31-32,38-39,44,49-51,58-59H,1,5-8,11,15,18-19,24-30,33-35H2. The lowest BCUT2D eigenvalue weighted by Crippen LogP contribution is -2.70. The van der Waals surface area contributed by atoms with E-state index in [1.54, 1.807) is 18.2 Å². The zero-order valence-corrected chi connectivity index (χ0v) is 37.7. The number of oxime groups is 1. The van der Waals surface area contributed by atoms with Crippen molar-refractivity contribution < 1.29 is 39.0 Å². The molecule has 2 heterocycles. The third-order valence-corrected chi connectivity index (χ3v) is 14.2. The maximum Gasteiger partial charge on any atom is 0.269 e. The molecule has 348 valence electrons. The Bertz CT molecular complexity index is 2430. The lowest BCUT2D eigenvalue weighted by atomic mass is 9.55. The van der Waals surface area contributed by atoms with E-state index in [1.165, 1.54) is 12.1 Å². The zero-order valence-electron chi connectivity index (χ0n) is 37.7. The summed E-state index contributed by atoms with van der Waals surface area (Å²) in [5, 5.41) is 38.6. The van der Waals surface area contributed by atoms with Crippen molar-refractivity contribution in [1.29, 1.82) is 0 Å². The van der Waals surface area contributed by atoms with Crippen LogP contribution in [0.1, 0.15) is 80.4 Å². The number of unbranched alkanes of at least 4 members (excludes halogenated alkanes) is 2. The van der Waals surface area contributed by atoms with Crippen molar-refractivity contribution in [3.05, 3.63) is 136 Å². The number of benzene rings is 4. The van der Waals surface area contributed by atoms with Crippen LogP contribution in [0.25, 0.3) is 10.8 Å². The molecule has 0 bridgehead atoms. The molecule has 6 atom stereocenters. The zero-order chi connectivity index (χ0) is 45.6. The van der Waals surface area contributed by atoms with Gasteiger partial charge in [-0.25, -0.2) is 0 Å². The maximum atomic E-state index is 15.1. The number of nitro groups is 1. The first-order valence-electron chi connectivity index (χ1n) is 23.9. The molecule has 0 aromatic heterocycles. The second-order valence-corrected chi connectivity index (χ2v) is 18.5. The van der Waals surface area contributed by atoms with E-state index in [0.29, 0.717) is 37.5 Å². The number of aliphatic hydroxyl groups is 2. The summed E-state index contributed by atoms with van der Waals surface area (Å²) in [7, 11) is 0. The highest BCUT2D eigenvalue weighted by Gasteiger charge is 2.66. The van der Waals surface area contributed by atoms with E-state index in [9.17, 15) is 20.3 Å². The third-order valence-electron chi connectivity index (χ3n) is 14.2. The number of aliphatic hydroxyl groups excluding tert-OH is 2. The molecule has 3 fully saturated rings. The van der Waals surface area contributed by atoms with Gasteiger partial charge in [0.05, 0.1) is 23.2 Å². The van der Waals surface area contributed by atoms with Crippen LogP contribution < -0.4 is 9.47 Å². The van der Waals surface area contributed by atoms with Gasteiger partial charge in [-0.2, -0.15) is 0 Å². The largest absolute Gasteiger partial charge is 0.492 e. The fourth-order valence-corrected chi connectivity index (χ4v) is 10.7. The SMILES string of the molecule is C=CCOC12Oc3ccc(OCCN4CC4)cc3C3C(CCCCO)C(CCCCO)C=C(C(=NOCc4ccc([N+](=O)[O-])cc4)CC1N(Cc1cccc4ccccc14)C(=O)C1CC1)C32. The topological polar surface area (TPSA) is 156 Å². The van der Waals surface area contributed by atoms with Crippen LogP contribution in [0.15, 0.2) is 114 Å². The quantitative estimate of drug-likeness (QED) is 0.0243. The molecular formula is C53H62N4O9. The number of non-ortho nitro benzene ring substituents is 1. The number of hydrogen-bond donors (Lipinski definition) is 2. The number of allylic oxidation sites excluding steroid dienone is 1. The third kappa shape index (κ3) is 9.76. The van der Waals surface area contributed by atoms with Gasteiger partial charge in [-0.1, -0.05) is 72.6 Å². The number of rotatable bonds is 23. The number of carbonyl (C=O) groups excluding carboxylic acids is 1. The summed E-state index contributed by atoms with van der Waals surface area (Å²) in [6, 6.07) is 26.2. The number of nitrogens with zero attached hydrogens (tertiary/aromatic N) is 4. The Morgan fingerprint density at radius 3 is 2.50 bits per heavy atom. The number of carbonyl (C=O) groups is 1. The predicted octanol–water partition coefficient (Wildman–Crippen LogP) is 8.72. The minimum Gasteiger partial charge on any atom is -0.492 e. The average molecular weight is 899 g/mol. The van der Waals surface area contributed by atoms with Gasteiger partial charge in [-0.3, -0.25) is 19.8 Å². The van der Waals surface area contributed by atoms with Gasteiger partial charge in [0.25, 0.3) is 5.69 Å². The molecule has 0 radical (unpaired) electrons. The summed E-state index contributed by atoms with van der Waals surface area (Å²) < 4.78 is 21.2. The van der Waals surface area contributed by atoms with Crippen LogP contribution >= 0.6 is 0 Å². The molecule has 13 heteroatoms. The van der Waals surface area contributed by atoms with Gasteiger partial charge in [0.1, 0.15) is 30.8 Å². The van der Waals surface area contributed by atoms with Crippen LogP contribution in [0.4, 0.5) is 5.69 Å². The molecule has 13 nitrogen and oxygen atoms in total. The van der Waals surface area contributed by atoms with Gasteiger partial charge in [-0.15, -0.1) is 6.58 Å². The Hall–Kier alpha value is -5.60. The smallest absolute Gasteiger partial charge is 0.269 e. The number of ether oxygens (including phenoxy) is 3. The minimum absolute atomic E-state index is 0.00585. The van der Waals surface area contributed by atoms with Crippen molar-refractivity contribution in [1.82, 2.24) is 9.80 Å². The van der Waals surface area contributed by atoms with Crippen LogP contribution in [0, 0.1) is 33.8 Å². The highest BCUT2D eigenvalue weighted by molar-refractivity contribution is 6.03. The van der Waals surface area contributed by atoms with Gasteiger partial charge in [-0.05, 0) is 108 Å². The Balaban J connectivity index is 1.22. The van der Waals surface area contributed by atoms with Crippen LogP contribution in [0.5, 0.6) is 11.5 Å². The molecule has 6 unspecified atom stereocenters. The summed E-state index contributed by atoms with van der Waals surface area (Å²) in [4.78, 5) is 36.7. The molecule has 66 heavy (non-hydrogen) atoms. The van der Waals surface area contributed by atoms with E-state index in [0.717, 1.165) is 96.9 Å². The van der Waals surface area contributed by atoms with E-state index in [4.69, 9.17) is 24.2 Å². The van der Waals surface area contributed by atoms with Gasteiger partial charge >= 0.3 is 0 Å². The van der Waals surface area contributed by atoms with Crippen molar-refractivity contribution in [3.63, 3.8) is 0 Å². The van der Waals surface area contributed by atoms with Crippen LogP contribution in [0.2, 0.25) is 0 Å². The molecule has 5 aliphatic rings. The lowest BCUT2D eigenvalue weighted by Gasteiger charge is -2.60. The first-order valence-corrected chi connectivity index (χ1v) is 23.9. The van der Waals surface area contributed by atoms with Gasteiger partial charge in [0, 0.05) is 75.3 Å². The van der Waals surface area contributed by atoms with E-state index in [1.807, 2.05) is 35.2 Å². The highest BCUT2D eigenvalue weighted by atomic mass is 16.7. The summed E-state index contributed by atoms with van der Waals surface area (Å²) in [6.45, 7) is 8.44. The summed E-state index contributed by atoms with van der Waals surface area (Å²) in [5.41, 5.74) is 4.38. The summed E-state index contributed by atoms with van der Waals surface area (Å²) >= 11 is 0. The van der Waals surface area contributed by atoms with Crippen LogP contribution in [-0.4, -0.2) is 94.4 Å². The number of nitro benzene ring substituents is 1. The van der Waals surface area contributed by atoms with Gasteiger partial charge in [0.2, 0.25) is 11.7 Å². The van der Waals surface area contributed by atoms with E-state index in [2.05, 4.69) is 47.9 Å². The first-order chi connectivity index (χ1) is 32.3. The number of amides is 1. The molecule has 4 aromatic rings. The van der Waals surface area contributed by atoms with Crippen molar-refractivity contribution in [2.24, 2.45) is 28.8 Å². The Morgan fingerprint density at radius 1 is 0.985 bits per heavy atom. The van der Waals surface area contributed by atoms with Crippen molar-refractivity contribution in [2.45, 2.75) is 88.7 Å². The number of hydrogen-bond acceptors (Lipinski definition) is 11. The van der Waals surface area contributed by atoms with Crippen molar-refractivity contribution in [3.8, 4) is 11.5 Å². The average Bonchev–Trinajstić information content (AvgIpc) is 4.28. The predicted molar refractivity (Wildman–Crippen MR) is 252 cm³/mol. The molecule has 2 aliphatic heterocycles. The van der Waals surface area contributed by atoms with E-state index < -0.39 is 22.7 Å². The molecule has 3 aliphatic carbocycles. The van der Waals surface area contributed by atoms with Crippen LogP contribution in [-0.2, 0) is 27.5 Å². The number of fused-ring (bicyclic) bond motifs is 3. The van der Waals surface area contributed by atoms with Gasteiger partial charge in [0.15, 0.2) is 0 Å². The monoisotopic (exact) mass is 898 g/mol. The normalized spacial score (nSPS) is 24.7. The molecule has 1 amide bonds. The van der Waals surface area contributed by atoms with Crippen molar-refractivity contribution in [2.75, 3.05) is 46.1 Å². The van der Waals surface area contributed by atoms with Crippen LogP contribution in [0.3, 0.4) is 0 Å². The van der Waals surface area contributed by atoms with E-state index >= 15 is 4.79 Å². The first kappa shape index (κ1) is 45.6. The fourth-order valence-electron chi connectivity index (χ4n) is 10.7. The second kappa shape index (κ2) is 20.5. The van der Waals surface area contributed by atoms with Crippen molar-refractivity contribution >= 4 is 28.1 Å². The molecule has 2 saturated carbocycles. The molecule has 9 rings (SSSR count). The summed E-state index contributed by atoms with van der Waals surface area (Å²) in [6.07, 6.45) is 10.6. The molecule has 4 aromatic carbocycles. The lowest BCUT2D eigenvalue weighted by molar-refractivity contribution is -0.384. The Labute approximate surface area is 386 Å².